The van der Waals surface area contributed by atoms with E-state index in [9.17, 15) is 4.79 Å². The summed E-state index contributed by atoms with van der Waals surface area (Å²) in [7, 11) is 0. The average Bonchev–Trinajstić information content (AvgIpc) is 2.90. The number of anilines is 2. The van der Waals surface area contributed by atoms with Crippen molar-refractivity contribution in [1.29, 1.82) is 0 Å². The fraction of sp³-hybridized carbons (Fsp3) is 0.588. The van der Waals surface area contributed by atoms with Gasteiger partial charge in [-0.15, -0.1) is 0 Å². The highest BCUT2D eigenvalue weighted by atomic mass is 16.1. The summed E-state index contributed by atoms with van der Waals surface area (Å²) >= 11 is 0. The van der Waals surface area contributed by atoms with Crippen LogP contribution in [0.1, 0.15) is 44.6 Å². The molecule has 0 aliphatic carbocycles. The number of likely N-dealkylation sites (tertiary alicyclic amines) is 1. The van der Waals surface area contributed by atoms with Gasteiger partial charge in [0.25, 0.3) is 0 Å². The van der Waals surface area contributed by atoms with Crippen molar-refractivity contribution < 1.29 is 4.79 Å². The second-order valence-electron chi connectivity index (χ2n) is 5.97. The van der Waals surface area contributed by atoms with Gasteiger partial charge in [-0.2, -0.15) is 0 Å². The van der Waals surface area contributed by atoms with E-state index in [1.807, 2.05) is 25.1 Å². The number of hydrogen-bond acceptors (Lipinski definition) is 3. The summed E-state index contributed by atoms with van der Waals surface area (Å²) in [6.07, 6.45) is 5.32. The van der Waals surface area contributed by atoms with Crippen LogP contribution in [0, 0.1) is 6.92 Å². The van der Waals surface area contributed by atoms with E-state index >= 15 is 0 Å². The van der Waals surface area contributed by atoms with Crippen LogP contribution in [0.15, 0.2) is 18.2 Å². The molecule has 1 aromatic carbocycles. The third-order valence-electron chi connectivity index (χ3n) is 4.36. The summed E-state index contributed by atoms with van der Waals surface area (Å²) in [5.74, 6) is 0.0796. The van der Waals surface area contributed by atoms with Crippen LogP contribution in [-0.4, -0.2) is 29.9 Å². The molecule has 4 heteroatoms. The second kappa shape index (κ2) is 7.46. The summed E-state index contributed by atoms with van der Waals surface area (Å²) in [6, 6.07) is 6.33. The normalized spacial score (nSPS) is 18.9. The number of nitrogens with one attached hydrogen (secondary N) is 1. The SMILES string of the molecule is CCC1CCCN1CCCC(=O)Nc1cc(N)ccc1C. The number of rotatable bonds is 6. The van der Waals surface area contributed by atoms with E-state index in [1.165, 1.54) is 25.8 Å². The second-order valence-corrected chi connectivity index (χ2v) is 5.97. The lowest BCUT2D eigenvalue weighted by atomic mass is 10.1. The van der Waals surface area contributed by atoms with Gasteiger partial charge in [-0.1, -0.05) is 13.0 Å². The number of nitrogens with zero attached hydrogens (tertiary/aromatic N) is 1. The van der Waals surface area contributed by atoms with E-state index in [2.05, 4.69) is 17.1 Å². The Labute approximate surface area is 127 Å². The van der Waals surface area contributed by atoms with Crippen LogP contribution >= 0.6 is 0 Å². The number of aryl methyl sites for hydroxylation is 1. The predicted octanol–water partition coefficient (Wildman–Crippen LogP) is 3.17. The number of benzene rings is 1. The molecule has 1 heterocycles. The minimum absolute atomic E-state index is 0.0796. The van der Waals surface area contributed by atoms with Gasteiger partial charge in [0.15, 0.2) is 0 Å². The molecule has 1 unspecified atom stereocenters. The monoisotopic (exact) mass is 289 g/mol. The quantitative estimate of drug-likeness (QED) is 0.791. The van der Waals surface area contributed by atoms with Gasteiger partial charge in [-0.3, -0.25) is 4.79 Å². The Kier molecular flexibility index (Phi) is 5.62. The fourth-order valence-corrected chi connectivity index (χ4v) is 3.08. The molecule has 2 rings (SSSR count). The molecule has 1 saturated heterocycles. The lowest BCUT2D eigenvalue weighted by Crippen LogP contribution is -2.30. The minimum Gasteiger partial charge on any atom is -0.399 e. The van der Waals surface area contributed by atoms with E-state index in [4.69, 9.17) is 5.73 Å². The molecule has 1 fully saturated rings. The molecule has 1 amide bonds. The highest BCUT2D eigenvalue weighted by Gasteiger charge is 2.22. The van der Waals surface area contributed by atoms with Gasteiger partial charge in [0.2, 0.25) is 5.91 Å². The molecular formula is C17H27N3O. The van der Waals surface area contributed by atoms with Gasteiger partial charge in [-0.25, -0.2) is 0 Å². The van der Waals surface area contributed by atoms with Crippen LogP contribution in [0.2, 0.25) is 0 Å². The van der Waals surface area contributed by atoms with Gasteiger partial charge in [0, 0.05) is 23.8 Å². The maximum absolute atomic E-state index is 12.0. The third-order valence-corrected chi connectivity index (χ3v) is 4.36. The molecule has 1 atom stereocenters. The molecule has 0 aromatic heterocycles. The van der Waals surface area contributed by atoms with Crippen LogP contribution in [0.5, 0.6) is 0 Å². The molecule has 3 N–H and O–H groups in total. The van der Waals surface area contributed by atoms with Gasteiger partial charge in [0.1, 0.15) is 0 Å². The molecule has 21 heavy (non-hydrogen) atoms. The standard InChI is InChI=1S/C17H27N3O/c1-3-15-6-4-10-20(15)11-5-7-17(21)19-16-12-14(18)9-8-13(16)2/h8-9,12,15H,3-7,10-11,18H2,1-2H3,(H,19,21). The Bertz CT molecular complexity index is 487. The first-order valence-corrected chi connectivity index (χ1v) is 8.00. The van der Waals surface area contributed by atoms with Gasteiger partial charge < -0.3 is 16.0 Å². The van der Waals surface area contributed by atoms with Crippen LogP contribution in [0.4, 0.5) is 11.4 Å². The minimum atomic E-state index is 0.0796. The molecule has 1 aliphatic heterocycles. The van der Waals surface area contributed by atoms with Crippen LogP contribution in [0.3, 0.4) is 0 Å². The summed E-state index contributed by atoms with van der Waals surface area (Å²) in [5, 5.41) is 2.96. The van der Waals surface area contributed by atoms with Crippen LogP contribution in [-0.2, 0) is 4.79 Å². The summed E-state index contributed by atoms with van der Waals surface area (Å²) in [4.78, 5) is 14.6. The number of nitrogen functional groups attached to an aromatic ring is 1. The number of hydrogen-bond donors (Lipinski definition) is 2. The first-order valence-electron chi connectivity index (χ1n) is 8.00. The lowest BCUT2D eigenvalue weighted by Gasteiger charge is -2.22. The number of amides is 1. The van der Waals surface area contributed by atoms with Crippen molar-refractivity contribution in [3.63, 3.8) is 0 Å². The first-order chi connectivity index (χ1) is 10.1. The van der Waals surface area contributed by atoms with Crippen molar-refractivity contribution in [1.82, 2.24) is 4.90 Å². The topological polar surface area (TPSA) is 58.4 Å². The van der Waals surface area contributed by atoms with Crippen molar-refractivity contribution in [2.75, 3.05) is 24.1 Å². The Morgan fingerprint density at radius 3 is 3.05 bits per heavy atom. The molecule has 0 radical (unpaired) electrons. The lowest BCUT2D eigenvalue weighted by molar-refractivity contribution is -0.116. The molecule has 0 spiro atoms. The number of carbonyl (C=O) groups is 1. The van der Waals surface area contributed by atoms with Gasteiger partial charge >= 0.3 is 0 Å². The molecule has 4 nitrogen and oxygen atoms in total. The van der Waals surface area contributed by atoms with E-state index in [0.717, 1.165) is 30.3 Å². The van der Waals surface area contributed by atoms with Crippen LogP contribution in [0.25, 0.3) is 0 Å². The highest BCUT2D eigenvalue weighted by molar-refractivity contribution is 5.91. The molecular weight excluding hydrogens is 262 g/mol. The zero-order valence-electron chi connectivity index (χ0n) is 13.2. The van der Waals surface area contributed by atoms with Crippen molar-refractivity contribution in [2.45, 2.75) is 52.0 Å². The smallest absolute Gasteiger partial charge is 0.224 e. The van der Waals surface area contributed by atoms with E-state index in [1.54, 1.807) is 0 Å². The Balaban J connectivity index is 1.76. The Hall–Kier alpha value is -1.55. The molecule has 0 bridgehead atoms. The summed E-state index contributed by atoms with van der Waals surface area (Å²) in [5.41, 5.74) is 8.31. The molecule has 1 aromatic rings. The largest absolute Gasteiger partial charge is 0.399 e. The third kappa shape index (κ3) is 4.46. The van der Waals surface area contributed by atoms with E-state index in [0.29, 0.717) is 12.1 Å². The van der Waals surface area contributed by atoms with E-state index in [-0.39, 0.29) is 5.91 Å². The van der Waals surface area contributed by atoms with E-state index < -0.39 is 0 Å². The highest BCUT2D eigenvalue weighted by Crippen LogP contribution is 2.21. The summed E-state index contributed by atoms with van der Waals surface area (Å²) < 4.78 is 0. The number of nitrogens with two attached hydrogens (primary N) is 1. The van der Waals surface area contributed by atoms with Crippen molar-refractivity contribution >= 4 is 17.3 Å². The molecule has 0 saturated carbocycles. The molecule has 116 valence electrons. The molecule has 1 aliphatic rings. The summed E-state index contributed by atoms with van der Waals surface area (Å²) in [6.45, 7) is 6.44. The Morgan fingerprint density at radius 1 is 1.48 bits per heavy atom. The van der Waals surface area contributed by atoms with Gasteiger partial charge in [-0.05, 0) is 63.4 Å². The predicted molar refractivity (Wildman–Crippen MR) is 88.3 cm³/mol. The van der Waals surface area contributed by atoms with Crippen molar-refractivity contribution in [3.05, 3.63) is 23.8 Å². The van der Waals surface area contributed by atoms with Crippen molar-refractivity contribution in [3.8, 4) is 0 Å². The zero-order chi connectivity index (χ0) is 15.2. The Morgan fingerprint density at radius 2 is 2.29 bits per heavy atom. The average molecular weight is 289 g/mol. The number of carbonyl (C=O) groups excluding carboxylic acids is 1. The zero-order valence-corrected chi connectivity index (χ0v) is 13.2. The van der Waals surface area contributed by atoms with Crippen LogP contribution < -0.4 is 11.1 Å². The first kappa shape index (κ1) is 15.8. The fourth-order valence-electron chi connectivity index (χ4n) is 3.08. The maximum atomic E-state index is 12.0. The van der Waals surface area contributed by atoms with Gasteiger partial charge in [0.05, 0.1) is 0 Å². The van der Waals surface area contributed by atoms with Crippen molar-refractivity contribution in [2.24, 2.45) is 0 Å². The maximum Gasteiger partial charge on any atom is 0.224 e.